The zero-order valence-electron chi connectivity index (χ0n) is 12.6. The molecule has 0 fully saturated rings. The van der Waals surface area contributed by atoms with Gasteiger partial charge in [-0.1, -0.05) is 0 Å². The van der Waals surface area contributed by atoms with Crippen LogP contribution in [-0.2, 0) is 9.53 Å². The largest absolute Gasteiger partial charge is 0.461 e. The zero-order chi connectivity index (χ0) is 15.9. The molecule has 1 amide bonds. The predicted molar refractivity (Wildman–Crippen MR) is 87.0 cm³/mol. The lowest BCUT2D eigenvalue weighted by molar-refractivity contribution is -0.110. The molecule has 0 atom stereocenters. The van der Waals surface area contributed by atoms with Gasteiger partial charge in [-0.2, -0.15) is 0 Å². The maximum atomic E-state index is 12.1. The van der Waals surface area contributed by atoms with Crippen LogP contribution in [0.3, 0.4) is 0 Å². The summed E-state index contributed by atoms with van der Waals surface area (Å²) < 4.78 is 5.04. The highest BCUT2D eigenvalue weighted by atomic mass is 32.1. The van der Waals surface area contributed by atoms with Gasteiger partial charge in [0, 0.05) is 11.3 Å². The first kappa shape index (κ1) is 14.6. The summed E-state index contributed by atoms with van der Waals surface area (Å²) >= 11 is 1.50. The van der Waals surface area contributed by atoms with Crippen molar-refractivity contribution in [1.82, 2.24) is 4.98 Å². The van der Waals surface area contributed by atoms with Crippen LogP contribution in [-0.4, -0.2) is 23.5 Å². The highest BCUT2D eigenvalue weighted by Crippen LogP contribution is 2.37. The number of rotatable bonds is 3. The van der Waals surface area contributed by atoms with Gasteiger partial charge in [-0.25, -0.2) is 4.79 Å². The Labute approximate surface area is 132 Å². The molecule has 2 aromatic rings. The van der Waals surface area contributed by atoms with E-state index in [2.05, 4.69) is 10.3 Å². The third kappa shape index (κ3) is 2.25. The minimum absolute atomic E-state index is 0.119. The molecule has 6 heteroatoms. The second-order valence-corrected chi connectivity index (χ2v) is 5.98. The third-order valence-electron chi connectivity index (χ3n) is 3.80. The lowest BCUT2D eigenvalue weighted by Gasteiger charge is -1.99. The van der Waals surface area contributed by atoms with Crippen molar-refractivity contribution in [3.63, 3.8) is 0 Å². The zero-order valence-corrected chi connectivity index (χ0v) is 13.4. The summed E-state index contributed by atoms with van der Waals surface area (Å²) in [5.74, 6) is -0.494. The van der Waals surface area contributed by atoms with Crippen LogP contribution in [0.4, 0.5) is 5.00 Å². The van der Waals surface area contributed by atoms with E-state index in [4.69, 9.17) is 4.74 Å². The Morgan fingerprint density at radius 2 is 2.14 bits per heavy atom. The Morgan fingerprint density at radius 3 is 2.86 bits per heavy atom. The minimum atomic E-state index is -0.375. The first-order valence-corrected chi connectivity index (χ1v) is 7.88. The second-order valence-electron chi connectivity index (χ2n) is 5.06. The van der Waals surface area contributed by atoms with E-state index < -0.39 is 0 Å². The van der Waals surface area contributed by atoms with Gasteiger partial charge in [0.1, 0.15) is 10.7 Å². The molecule has 1 aliphatic heterocycles. The number of hydrogen-bond donors (Lipinski definition) is 2. The molecule has 0 bridgehead atoms. The number of anilines is 1. The fraction of sp³-hybridized carbons (Fsp3) is 0.250. The summed E-state index contributed by atoms with van der Waals surface area (Å²) in [5.41, 5.74) is 4.48. The van der Waals surface area contributed by atoms with E-state index in [-0.39, 0.29) is 11.9 Å². The molecule has 2 aromatic heterocycles. The van der Waals surface area contributed by atoms with Crippen molar-refractivity contribution in [1.29, 1.82) is 0 Å². The van der Waals surface area contributed by atoms with Gasteiger partial charge in [0.05, 0.1) is 12.2 Å². The molecule has 0 unspecified atom stereocenters. The van der Waals surface area contributed by atoms with Crippen molar-refractivity contribution >= 4 is 39.9 Å². The molecule has 0 spiro atoms. The van der Waals surface area contributed by atoms with E-state index >= 15 is 0 Å². The average molecular weight is 316 g/mol. The number of carbonyl (C=O) groups is 2. The Balaban J connectivity index is 2.04. The van der Waals surface area contributed by atoms with Crippen LogP contribution in [0.15, 0.2) is 11.4 Å². The number of nitrogens with one attached hydrogen (secondary N) is 2. The number of thiophene rings is 1. The molecule has 0 saturated heterocycles. The van der Waals surface area contributed by atoms with Gasteiger partial charge in [0.25, 0.3) is 5.91 Å². The van der Waals surface area contributed by atoms with Crippen molar-refractivity contribution in [3.8, 4) is 0 Å². The van der Waals surface area contributed by atoms with E-state index in [1.54, 1.807) is 13.0 Å². The Hall–Kier alpha value is -2.34. The topological polar surface area (TPSA) is 71.2 Å². The molecule has 0 aromatic carbocycles. The number of amides is 1. The molecule has 3 heterocycles. The normalized spacial score (nSPS) is 15.0. The number of ether oxygens (including phenoxy) is 1. The number of aromatic nitrogens is 1. The first-order chi connectivity index (χ1) is 10.5. The van der Waals surface area contributed by atoms with E-state index in [1.807, 2.05) is 25.3 Å². The Morgan fingerprint density at radius 1 is 1.36 bits per heavy atom. The number of hydrogen-bond acceptors (Lipinski definition) is 4. The second kappa shape index (κ2) is 5.46. The van der Waals surface area contributed by atoms with Crippen LogP contribution in [0.25, 0.3) is 11.6 Å². The van der Waals surface area contributed by atoms with Crippen LogP contribution < -0.4 is 5.32 Å². The van der Waals surface area contributed by atoms with Crippen molar-refractivity contribution in [2.24, 2.45) is 0 Å². The summed E-state index contributed by atoms with van der Waals surface area (Å²) in [6, 6.07) is 1.92. The van der Waals surface area contributed by atoms with Crippen molar-refractivity contribution < 1.29 is 14.3 Å². The summed E-state index contributed by atoms with van der Waals surface area (Å²) in [4.78, 5) is 27.1. The van der Waals surface area contributed by atoms with Crippen LogP contribution in [0.1, 0.15) is 39.8 Å². The lowest BCUT2D eigenvalue weighted by atomic mass is 10.1. The molecule has 0 saturated carbocycles. The van der Waals surface area contributed by atoms with Crippen molar-refractivity contribution in [2.45, 2.75) is 20.8 Å². The number of fused-ring (bicyclic) bond motifs is 1. The summed E-state index contributed by atoms with van der Waals surface area (Å²) in [6.07, 6.45) is 1.79. The predicted octanol–water partition coefficient (Wildman–Crippen LogP) is 3.36. The number of aromatic amines is 1. The molecule has 3 rings (SSSR count). The van der Waals surface area contributed by atoms with Gasteiger partial charge in [-0.05, 0) is 49.4 Å². The first-order valence-electron chi connectivity index (χ1n) is 7.00. The van der Waals surface area contributed by atoms with Gasteiger partial charge in [0.2, 0.25) is 0 Å². The molecule has 1 aliphatic rings. The van der Waals surface area contributed by atoms with Gasteiger partial charge >= 0.3 is 5.97 Å². The summed E-state index contributed by atoms with van der Waals surface area (Å²) in [5, 5.41) is 5.64. The average Bonchev–Trinajstić information content (AvgIpc) is 3.11. The van der Waals surface area contributed by atoms with Crippen LogP contribution in [0.2, 0.25) is 0 Å². The van der Waals surface area contributed by atoms with Crippen molar-refractivity contribution in [2.75, 3.05) is 11.9 Å². The number of H-pyrrole nitrogens is 1. The standard InChI is InChI=1S/C16H16N2O3S/c1-4-21-16(20)13-9(3)8(2)12(17-13)7-11-10-5-6-22-15(10)18-14(11)19/h5-7,17H,4H2,1-3H3,(H,18,19). The highest BCUT2D eigenvalue weighted by Gasteiger charge is 2.26. The molecular weight excluding hydrogens is 300 g/mol. The van der Waals surface area contributed by atoms with E-state index in [0.717, 1.165) is 27.4 Å². The van der Waals surface area contributed by atoms with Gasteiger partial charge < -0.3 is 15.0 Å². The Kier molecular flexibility index (Phi) is 3.62. The molecular formula is C16H16N2O3S. The fourth-order valence-corrected chi connectivity index (χ4v) is 3.26. The number of carbonyl (C=O) groups excluding carboxylic acids is 2. The lowest BCUT2D eigenvalue weighted by Crippen LogP contribution is -2.06. The van der Waals surface area contributed by atoms with Gasteiger partial charge in [0.15, 0.2) is 0 Å². The summed E-state index contributed by atoms with van der Waals surface area (Å²) in [7, 11) is 0. The molecule has 0 aliphatic carbocycles. The third-order valence-corrected chi connectivity index (χ3v) is 4.63. The smallest absolute Gasteiger partial charge is 0.355 e. The van der Waals surface area contributed by atoms with E-state index in [1.165, 1.54) is 11.3 Å². The quantitative estimate of drug-likeness (QED) is 0.674. The van der Waals surface area contributed by atoms with E-state index in [0.29, 0.717) is 17.9 Å². The maximum absolute atomic E-state index is 12.1. The molecule has 2 N–H and O–H groups in total. The van der Waals surface area contributed by atoms with Crippen LogP contribution in [0.5, 0.6) is 0 Å². The Bertz CT molecular complexity index is 798. The van der Waals surface area contributed by atoms with Crippen LogP contribution >= 0.6 is 11.3 Å². The SMILES string of the molecule is CCOC(=O)c1[nH]c(C=C2C(=O)Nc3sccc32)c(C)c1C. The van der Waals surface area contributed by atoms with Gasteiger partial charge in [-0.3, -0.25) is 4.79 Å². The highest BCUT2D eigenvalue weighted by molar-refractivity contribution is 7.15. The molecule has 5 nitrogen and oxygen atoms in total. The summed E-state index contributed by atoms with van der Waals surface area (Å²) in [6.45, 7) is 5.88. The minimum Gasteiger partial charge on any atom is -0.461 e. The van der Waals surface area contributed by atoms with Crippen LogP contribution in [0, 0.1) is 13.8 Å². The number of esters is 1. The molecule has 114 valence electrons. The van der Waals surface area contributed by atoms with E-state index in [9.17, 15) is 9.59 Å². The maximum Gasteiger partial charge on any atom is 0.355 e. The van der Waals surface area contributed by atoms with Gasteiger partial charge in [-0.15, -0.1) is 11.3 Å². The molecule has 22 heavy (non-hydrogen) atoms. The monoisotopic (exact) mass is 316 g/mol. The fourth-order valence-electron chi connectivity index (χ4n) is 2.46. The van der Waals surface area contributed by atoms with Crippen molar-refractivity contribution in [3.05, 3.63) is 39.5 Å². The molecule has 0 radical (unpaired) electrons.